The van der Waals surface area contributed by atoms with Crippen LogP contribution in [-0.2, 0) is 6.42 Å². The molecule has 2 aromatic rings. The van der Waals surface area contributed by atoms with E-state index in [-0.39, 0.29) is 11.2 Å². The van der Waals surface area contributed by atoms with Gasteiger partial charge in [-0.2, -0.15) is 5.10 Å². The van der Waals surface area contributed by atoms with Crippen molar-refractivity contribution in [2.45, 2.75) is 46.6 Å². The predicted octanol–water partition coefficient (Wildman–Crippen LogP) is 4.11. The van der Waals surface area contributed by atoms with Gasteiger partial charge in [0.1, 0.15) is 10.7 Å². The van der Waals surface area contributed by atoms with E-state index >= 15 is 0 Å². The van der Waals surface area contributed by atoms with Crippen molar-refractivity contribution >= 4 is 22.1 Å². The molecule has 0 fully saturated rings. The van der Waals surface area contributed by atoms with Gasteiger partial charge < -0.3 is 5.32 Å². The molecular formula is C16H21N3OS. The van der Waals surface area contributed by atoms with E-state index < -0.39 is 0 Å². The quantitative estimate of drug-likeness (QED) is 0.897. The molecule has 0 aliphatic heterocycles. The summed E-state index contributed by atoms with van der Waals surface area (Å²) in [5.74, 6) is 0.252. The molecule has 0 unspecified atom stereocenters. The maximum Gasteiger partial charge on any atom is 0.166 e. The first kappa shape index (κ1) is 14.3. The first-order valence-corrected chi connectivity index (χ1v) is 8.14. The highest BCUT2D eigenvalue weighted by Crippen LogP contribution is 2.47. The van der Waals surface area contributed by atoms with Gasteiger partial charge in [-0.15, -0.1) is 11.3 Å². The van der Waals surface area contributed by atoms with E-state index in [1.807, 2.05) is 12.3 Å². The molecule has 21 heavy (non-hydrogen) atoms. The second kappa shape index (κ2) is 4.98. The third kappa shape index (κ3) is 2.62. The van der Waals surface area contributed by atoms with Crippen molar-refractivity contribution in [3.63, 3.8) is 0 Å². The number of carbonyl (C=O) groups is 1. The van der Waals surface area contributed by atoms with Gasteiger partial charge in [-0.25, -0.2) is 0 Å². The van der Waals surface area contributed by atoms with Gasteiger partial charge in [0.15, 0.2) is 5.78 Å². The van der Waals surface area contributed by atoms with Crippen LogP contribution in [0.3, 0.4) is 0 Å². The number of aromatic amines is 1. The number of aromatic nitrogens is 2. The van der Waals surface area contributed by atoms with Gasteiger partial charge in [-0.05, 0) is 37.3 Å². The van der Waals surface area contributed by atoms with E-state index in [0.29, 0.717) is 12.5 Å². The zero-order valence-electron chi connectivity index (χ0n) is 12.9. The van der Waals surface area contributed by atoms with Crippen LogP contribution in [0.2, 0.25) is 0 Å². The number of nitrogens with zero attached hydrogens (tertiary/aromatic N) is 1. The minimum absolute atomic E-state index is 0.0192. The molecule has 112 valence electrons. The fourth-order valence-electron chi connectivity index (χ4n) is 2.95. The normalized spacial score (nSPS) is 17.1. The molecular weight excluding hydrogens is 282 g/mol. The Labute approximate surface area is 129 Å². The standard InChI is InChI=1S/C16H21N3OS/c1-9(2)18-15-13-10(7-16(3,4)8-12(13)20)14(21-15)11-5-6-17-19-11/h5-6,9,18H,7-8H2,1-4H3,(H,17,19). The molecule has 4 nitrogen and oxygen atoms in total. The summed E-state index contributed by atoms with van der Waals surface area (Å²) in [6.45, 7) is 8.51. The average Bonchev–Trinajstić information content (AvgIpc) is 2.94. The summed E-state index contributed by atoms with van der Waals surface area (Å²) in [5.41, 5.74) is 3.01. The second-order valence-electron chi connectivity index (χ2n) is 6.81. The summed E-state index contributed by atoms with van der Waals surface area (Å²) < 4.78 is 0. The van der Waals surface area contributed by atoms with Gasteiger partial charge in [-0.1, -0.05) is 13.8 Å². The summed E-state index contributed by atoms with van der Waals surface area (Å²) in [7, 11) is 0. The third-order valence-electron chi connectivity index (χ3n) is 3.73. The van der Waals surface area contributed by atoms with Gasteiger partial charge in [0.2, 0.25) is 0 Å². The molecule has 1 aliphatic carbocycles. The highest BCUT2D eigenvalue weighted by atomic mass is 32.1. The van der Waals surface area contributed by atoms with Crippen LogP contribution in [0.4, 0.5) is 5.00 Å². The number of rotatable bonds is 3. The van der Waals surface area contributed by atoms with Gasteiger partial charge >= 0.3 is 0 Å². The van der Waals surface area contributed by atoms with Crippen molar-refractivity contribution in [3.05, 3.63) is 23.4 Å². The lowest BCUT2D eigenvalue weighted by molar-refractivity contribution is 0.0914. The Morgan fingerprint density at radius 1 is 1.38 bits per heavy atom. The minimum atomic E-state index is 0.0192. The molecule has 2 aromatic heterocycles. The molecule has 0 saturated carbocycles. The van der Waals surface area contributed by atoms with Crippen molar-refractivity contribution in [1.29, 1.82) is 0 Å². The summed E-state index contributed by atoms with van der Waals surface area (Å²) in [6, 6.07) is 2.28. The van der Waals surface area contributed by atoms with E-state index in [2.05, 4.69) is 43.2 Å². The van der Waals surface area contributed by atoms with Gasteiger partial charge in [-0.3, -0.25) is 9.89 Å². The number of hydrogen-bond donors (Lipinski definition) is 2. The SMILES string of the molecule is CC(C)Nc1sc(-c2cc[nH]n2)c2c1C(=O)CC(C)(C)C2. The van der Waals surface area contributed by atoms with Gasteiger partial charge in [0.25, 0.3) is 0 Å². The third-order valence-corrected chi connectivity index (χ3v) is 4.92. The second-order valence-corrected chi connectivity index (χ2v) is 7.83. The monoisotopic (exact) mass is 303 g/mol. The highest BCUT2D eigenvalue weighted by molar-refractivity contribution is 7.20. The molecule has 0 atom stereocenters. The number of anilines is 1. The number of carbonyl (C=O) groups excluding carboxylic acids is 1. The maximum atomic E-state index is 12.6. The number of ketones is 1. The van der Waals surface area contributed by atoms with Gasteiger partial charge in [0.05, 0.1) is 10.4 Å². The highest BCUT2D eigenvalue weighted by Gasteiger charge is 2.36. The van der Waals surface area contributed by atoms with Crippen molar-refractivity contribution in [2.75, 3.05) is 5.32 Å². The fourth-order valence-corrected chi connectivity index (χ4v) is 4.30. The van der Waals surface area contributed by atoms with Crippen molar-refractivity contribution in [3.8, 4) is 10.6 Å². The van der Waals surface area contributed by atoms with E-state index in [1.165, 1.54) is 0 Å². The lowest BCUT2D eigenvalue weighted by atomic mass is 9.74. The van der Waals surface area contributed by atoms with E-state index in [1.54, 1.807) is 11.3 Å². The number of hydrogen-bond acceptors (Lipinski definition) is 4. The lowest BCUT2D eigenvalue weighted by Crippen LogP contribution is -2.27. The van der Waals surface area contributed by atoms with Crippen LogP contribution >= 0.6 is 11.3 Å². The van der Waals surface area contributed by atoms with Crippen LogP contribution in [-0.4, -0.2) is 22.0 Å². The van der Waals surface area contributed by atoms with Crippen LogP contribution in [0.25, 0.3) is 10.6 Å². The molecule has 1 aliphatic rings. The number of nitrogens with one attached hydrogen (secondary N) is 2. The molecule has 2 N–H and O–H groups in total. The Bertz CT molecular complexity index is 668. The fraction of sp³-hybridized carbons (Fsp3) is 0.500. The van der Waals surface area contributed by atoms with Crippen molar-refractivity contribution in [1.82, 2.24) is 10.2 Å². The summed E-state index contributed by atoms with van der Waals surface area (Å²) >= 11 is 1.65. The Balaban J connectivity index is 2.17. The number of Topliss-reactive ketones (excluding diaryl/α,β-unsaturated/α-hetero) is 1. The minimum Gasteiger partial charge on any atom is -0.374 e. The Morgan fingerprint density at radius 3 is 2.76 bits per heavy atom. The molecule has 0 radical (unpaired) electrons. The molecule has 0 bridgehead atoms. The molecule has 0 aromatic carbocycles. The predicted molar refractivity (Wildman–Crippen MR) is 87.1 cm³/mol. The molecule has 3 rings (SSSR count). The Hall–Kier alpha value is -1.62. The zero-order valence-corrected chi connectivity index (χ0v) is 13.7. The van der Waals surface area contributed by atoms with E-state index in [9.17, 15) is 4.79 Å². The molecule has 0 amide bonds. The first-order valence-electron chi connectivity index (χ1n) is 7.33. The van der Waals surface area contributed by atoms with Crippen LogP contribution in [0.1, 0.15) is 50.0 Å². The van der Waals surface area contributed by atoms with E-state index in [0.717, 1.165) is 33.1 Å². The summed E-state index contributed by atoms with van der Waals surface area (Å²) in [4.78, 5) is 13.7. The average molecular weight is 303 g/mol. The van der Waals surface area contributed by atoms with Gasteiger partial charge in [0, 0.05) is 18.7 Å². The molecule has 2 heterocycles. The first-order chi connectivity index (χ1) is 9.87. The topological polar surface area (TPSA) is 57.8 Å². The van der Waals surface area contributed by atoms with Crippen LogP contribution in [0.5, 0.6) is 0 Å². The summed E-state index contributed by atoms with van der Waals surface area (Å²) in [5, 5.41) is 11.6. The number of fused-ring (bicyclic) bond motifs is 1. The zero-order chi connectivity index (χ0) is 15.2. The van der Waals surface area contributed by atoms with Crippen molar-refractivity contribution < 1.29 is 4.79 Å². The Morgan fingerprint density at radius 2 is 2.14 bits per heavy atom. The van der Waals surface area contributed by atoms with Crippen LogP contribution in [0.15, 0.2) is 12.3 Å². The number of thiophene rings is 1. The Kier molecular flexibility index (Phi) is 3.40. The van der Waals surface area contributed by atoms with Crippen molar-refractivity contribution in [2.24, 2.45) is 5.41 Å². The smallest absolute Gasteiger partial charge is 0.166 e. The molecule has 0 spiro atoms. The molecule has 5 heteroatoms. The van der Waals surface area contributed by atoms with E-state index in [4.69, 9.17) is 0 Å². The molecule has 0 saturated heterocycles. The maximum absolute atomic E-state index is 12.6. The number of H-pyrrole nitrogens is 1. The lowest BCUT2D eigenvalue weighted by Gasteiger charge is -2.29. The van der Waals surface area contributed by atoms with Crippen LogP contribution < -0.4 is 5.32 Å². The van der Waals surface area contributed by atoms with Crippen LogP contribution in [0, 0.1) is 5.41 Å². The largest absolute Gasteiger partial charge is 0.374 e. The summed E-state index contributed by atoms with van der Waals surface area (Å²) in [6.07, 6.45) is 3.36.